The van der Waals surface area contributed by atoms with E-state index in [1.54, 1.807) is 18.5 Å². The van der Waals surface area contributed by atoms with E-state index in [-0.39, 0.29) is 11.8 Å². The van der Waals surface area contributed by atoms with Gasteiger partial charge in [0.05, 0.1) is 13.2 Å². The van der Waals surface area contributed by atoms with Gasteiger partial charge >= 0.3 is 0 Å². The Morgan fingerprint density at radius 3 is 2.52 bits per heavy atom. The molecule has 0 bridgehead atoms. The molecule has 7 nitrogen and oxygen atoms in total. The fourth-order valence-corrected chi connectivity index (χ4v) is 4.25. The zero-order valence-corrected chi connectivity index (χ0v) is 19.1. The standard InChI is InChI=1S/C26H32N4O3/c31-25(9-6-22-4-7-24(8-5-22)30-16-1-3-26(30)32)29(21-23-10-12-27-13-11-23)15-2-14-28-17-19-33-20-18-28/h4-13H,1-3,14-21H2/b9-6+. The molecule has 0 atom stereocenters. The van der Waals surface area contributed by atoms with Crippen molar-refractivity contribution in [3.05, 3.63) is 66.0 Å². The summed E-state index contributed by atoms with van der Waals surface area (Å²) in [4.78, 5) is 35.2. The minimum atomic E-state index is -0.00686. The maximum Gasteiger partial charge on any atom is 0.246 e. The number of ether oxygens (including phenoxy) is 1. The summed E-state index contributed by atoms with van der Waals surface area (Å²) < 4.78 is 5.42. The molecule has 1 aromatic heterocycles. The van der Waals surface area contributed by atoms with Gasteiger partial charge in [-0.25, -0.2) is 0 Å². The number of aromatic nitrogens is 1. The monoisotopic (exact) mass is 448 g/mol. The molecule has 0 unspecified atom stereocenters. The van der Waals surface area contributed by atoms with E-state index >= 15 is 0 Å². The van der Waals surface area contributed by atoms with Gasteiger partial charge in [0.2, 0.25) is 11.8 Å². The van der Waals surface area contributed by atoms with Crippen LogP contribution in [0.15, 0.2) is 54.9 Å². The largest absolute Gasteiger partial charge is 0.379 e. The molecule has 7 heteroatoms. The lowest BCUT2D eigenvalue weighted by molar-refractivity contribution is -0.126. The Morgan fingerprint density at radius 2 is 1.82 bits per heavy atom. The van der Waals surface area contributed by atoms with Gasteiger partial charge in [-0.3, -0.25) is 19.5 Å². The van der Waals surface area contributed by atoms with Gasteiger partial charge in [0, 0.05) is 69.8 Å². The number of hydrogen-bond acceptors (Lipinski definition) is 5. The summed E-state index contributed by atoms with van der Waals surface area (Å²) >= 11 is 0. The molecule has 2 aromatic rings. The molecule has 0 radical (unpaired) electrons. The minimum absolute atomic E-state index is 0.00686. The fourth-order valence-electron chi connectivity index (χ4n) is 4.25. The molecule has 0 N–H and O–H groups in total. The topological polar surface area (TPSA) is 66.0 Å². The predicted octanol–water partition coefficient (Wildman–Crippen LogP) is 2.97. The van der Waals surface area contributed by atoms with E-state index in [2.05, 4.69) is 9.88 Å². The van der Waals surface area contributed by atoms with Crippen molar-refractivity contribution < 1.29 is 14.3 Å². The molecule has 0 saturated carbocycles. The second-order valence-corrected chi connectivity index (χ2v) is 8.50. The average Bonchev–Trinajstić information content (AvgIpc) is 3.29. The van der Waals surface area contributed by atoms with Crippen molar-refractivity contribution in [1.82, 2.24) is 14.8 Å². The van der Waals surface area contributed by atoms with E-state index in [9.17, 15) is 9.59 Å². The van der Waals surface area contributed by atoms with Crippen molar-refractivity contribution in [2.45, 2.75) is 25.8 Å². The Morgan fingerprint density at radius 1 is 1.06 bits per heavy atom. The third kappa shape index (κ3) is 6.73. The van der Waals surface area contributed by atoms with Crippen LogP contribution in [0.4, 0.5) is 5.69 Å². The first kappa shape index (κ1) is 23.1. The summed E-state index contributed by atoms with van der Waals surface area (Å²) in [6, 6.07) is 11.7. The third-order valence-electron chi connectivity index (χ3n) is 6.14. The van der Waals surface area contributed by atoms with Crippen LogP contribution in [-0.2, 0) is 20.9 Å². The van der Waals surface area contributed by atoms with Crippen LogP contribution >= 0.6 is 0 Å². The first-order valence-electron chi connectivity index (χ1n) is 11.8. The Balaban J connectivity index is 1.36. The van der Waals surface area contributed by atoms with Gasteiger partial charge < -0.3 is 14.5 Å². The van der Waals surface area contributed by atoms with E-state index in [0.717, 1.165) is 69.0 Å². The maximum atomic E-state index is 13.1. The summed E-state index contributed by atoms with van der Waals surface area (Å²) in [6.07, 6.45) is 9.46. The number of nitrogens with zero attached hydrogens (tertiary/aromatic N) is 4. The second kappa shape index (κ2) is 11.7. The lowest BCUT2D eigenvalue weighted by Gasteiger charge is -2.28. The van der Waals surface area contributed by atoms with E-state index in [0.29, 0.717) is 19.5 Å². The van der Waals surface area contributed by atoms with Crippen LogP contribution in [0, 0.1) is 0 Å². The molecule has 3 heterocycles. The highest BCUT2D eigenvalue weighted by molar-refractivity contribution is 5.95. The van der Waals surface area contributed by atoms with Gasteiger partial charge in [0.25, 0.3) is 0 Å². The van der Waals surface area contributed by atoms with Crippen molar-refractivity contribution in [2.24, 2.45) is 0 Å². The van der Waals surface area contributed by atoms with Crippen molar-refractivity contribution >= 4 is 23.6 Å². The zero-order valence-electron chi connectivity index (χ0n) is 19.1. The zero-order chi connectivity index (χ0) is 22.9. The molecule has 2 aliphatic rings. The molecule has 174 valence electrons. The summed E-state index contributed by atoms with van der Waals surface area (Å²) in [6.45, 7) is 6.48. The van der Waals surface area contributed by atoms with Crippen LogP contribution in [0.5, 0.6) is 0 Å². The quantitative estimate of drug-likeness (QED) is 0.552. The van der Waals surface area contributed by atoms with Gasteiger partial charge in [0.1, 0.15) is 0 Å². The number of morpholine rings is 1. The van der Waals surface area contributed by atoms with Crippen LogP contribution in [0.2, 0.25) is 0 Å². The first-order chi connectivity index (χ1) is 16.2. The summed E-state index contributed by atoms with van der Waals surface area (Å²) in [7, 11) is 0. The molecule has 0 spiro atoms. The predicted molar refractivity (Wildman–Crippen MR) is 129 cm³/mol. The van der Waals surface area contributed by atoms with Crippen LogP contribution in [0.3, 0.4) is 0 Å². The molecule has 2 saturated heterocycles. The van der Waals surface area contributed by atoms with Crippen LogP contribution in [0.25, 0.3) is 6.08 Å². The second-order valence-electron chi connectivity index (χ2n) is 8.50. The van der Waals surface area contributed by atoms with Crippen LogP contribution in [0.1, 0.15) is 30.4 Å². The first-order valence-corrected chi connectivity index (χ1v) is 11.8. The number of pyridine rings is 1. The Kier molecular flexibility index (Phi) is 8.22. The van der Waals surface area contributed by atoms with Gasteiger partial charge in [-0.1, -0.05) is 12.1 Å². The van der Waals surface area contributed by atoms with Gasteiger partial charge in [-0.2, -0.15) is 0 Å². The van der Waals surface area contributed by atoms with Gasteiger partial charge in [0.15, 0.2) is 0 Å². The highest BCUT2D eigenvalue weighted by atomic mass is 16.5. The molecule has 2 fully saturated rings. The molecular weight excluding hydrogens is 416 g/mol. The van der Waals surface area contributed by atoms with Crippen molar-refractivity contribution in [1.29, 1.82) is 0 Å². The number of hydrogen-bond donors (Lipinski definition) is 0. The number of rotatable bonds is 9. The Labute approximate surface area is 195 Å². The number of amides is 2. The number of carbonyl (C=O) groups excluding carboxylic acids is 2. The average molecular weight is 449 g/mol. The lowest BCUT2D eigenvalue weighted by atomic mass is 10.1. The molecular formula is C26H32N4O3. The molecule has 2 aliphatic heterocycles. The van der Waals surface area contributed by atoms with Crippen molar-refractivity contribution in [3.8, 4) is 0 Å². The van der Waals surface area contributed by atoms with Crippen LogP contribution in [-0.4, -0.2) is 72.5 Å². The number of benzene rings is 1. The van der Waals surface area contributed by atoms with Crippen molar-refractivity contribution in [3.63, 3.8) is 0 Å². The van der Waals surface area contributed by atoms with Gasteiger partial charge in [-0.15, -0.1) is 0 Å². The molecule has 4 rings (SSSR count). The van der Waals surface area contributed by atoms with E-state index < -0.39 is 0 Å². The minimum Gasteiger partial charge on any atom is -0.379 e. The highest BCUT2D eigenvalue weighted by Gasteiger charge is 2.21. The van der Waals surface area contributed by atoms with Crippen molar-refractivity contribution in [2.75, 3.05) is 50.8 Å². The van der Waals surface area contributed by atoms with E-state index in [1.807, 2.05) is 52.3 Å². The third-order valence-corrected chi connectivity index (χ3v) is 6.14. The SMILES string of the molecule is O=C(/C=C/c1ccc(N2CCCC2=O)cc1)N(CCCN1CCOCC1)Cc1ccncc1. The molecule has 2 amide bonds. The Hall–Kier alpha value is -3.03. The smallest absolute Gasteiger partial charge is 0.246 e. The summed E-state index contributed by atoms with van der Waals surface area (Å²) in [5, 5.41) is 0. The van der Waals surface area contributed by atoms with E-state index in [4.69, 9.17) is 4.74 Å². The van der Waals surface area contributed by atoms with E-state index in [1.165, 1.54) is 0 Å². The van der Waals surface area contributed by atoms with Gasteiger partial charge in [-0.05, 0) is 54.3 Å². The number of anilines is 1. The normalized spacial score (nSPS) is 17.1. The van der Waals surface area contributed by atoms with Crippen LogP contribution < -0.4 is 4.90 Å². The molecule has 0 aliphatic carbocycles. The summed E-state index contributed by atoms with van der Waals surface area (Å²) in [5.74, 6) is 0.171. The highest BCUT2D eigenvalue weighted by Crippen LogP contribution is 2.22. The lowest BCUT2D eigenvalue weighted by Crippen LogP contribution is -2.38. The molecule has 33 heavy (non-hydrogen) atoms. The summed E-state index contributed by atoms with van der Waals surface area (Å²) in [5.41, 5.74) is 2.93. The molecule has 1 aromatic carbocycles. The fraction of sp³-hybridized carbons (Fsp3) is 0.423. The Bertz CT molecular complexity index is 940. The maximum absolute atomic E-state index is 13.1. The number of carbonyl (C=O) groups is 2.